The van der Waals surface area contributed by atoms with Crippen molar-refractivity contribution >= 4 is 36.5 Å². The number of ether oxygens (including phenoxy) is 5. The quantitative estimate of drug-likeness (QED) is 0.0772. The second kappa shape index (κ2) is 30.1. The predicted molar refractivity (Wildman–Crippen MR) is 301 cm³/mol. The van der Waals surface area contributed by atoms with Gasteiger partial charge in [-0.15, -0.1) is 0 Å². The van der Waals surface area contributed by atoms with Gasteiger partial charge in [-0.25, -0.2) is 4.79 Å². The Balaban J connectivity index is 1.51. The van der Waals surface area contributed by atoms with E-state index in [4.69, 9.17) is 33.9 Å². The number of nitrogens with zero attached hydrogens (tertiary/aromatic N) is 2. The molecule has 5 rings (SSSR count). The molecule has 17 heteroatoms. The Morgan fingerprint density at radius 2 is 1.60 bits per heavy atom. The van der Waals surface area contributed by atoms with E-state index < -0.39 is 79.2 Å². The maximum absolute atomic E-state index is 14.7. The van der Waals surface area contributed by atoms with E-state index in [9.17, 15) is 34.0 Å². The predicted octanol–water partition coefficient (Wildman–Crippen LogP) is 8.76. The summed E-state index contributed by atoms with van der Waals surface area (Å²) in [4.78, 5) is 61.4. The maximum atomic E-state index is 14.7. The molecule has 1 aromatic rings. The molecule has 3 heterocycles. The van der Waals surface area contributed by atoms with Gasteiger partial charge in [-0.3, -0.25) is 18.9 Å². The van der Waals surface area contributed by atoms with Gasteiger partial charge in [0.2, 0.25) is 5.79 Å². The molecule has 77 heavy (non-hydrogen) atoms. The molecule has 15 atom stereocenters. The van der Waals surface area contributed by atoms with Crippen LogP contribution in [0.25, 0.3) is 0 Å². The van der Waals surface area contributed by atoms with Crippen molar-refractivity contribution in [2.45, 2.75) is 186 Å². The fraction of sp³-hybridized carbons (Fsp3) is 0.700. The first kappa shape index (κ1) is 64.0. The number of esters is 1. The Labute approximate surface area is 460 Å². The number of allylic oxidation sites excluding steroid dienone is 5. The number of nitrogens with two attached hydrogens (primary N) is 1. The third-order valence-corrected chi connectivity index (χ3v) is 17.2. The lowest BCUT2D eigenvalue weighted by molar-refractivity contribution is -0.263. The van der Waals surface area contributed by atoms with Crippen molar-refractivity contribution in [3.05, 3.63) is 77.9 Å². The van der Waals surface area contributed by atoms with E-state index in [0.717, 1.165) is 17.7 Å². The summed E-state index contributed by atoms with van der Waals surface area (Å²) in [6.07, 6.45) is 14.1. The molecular formula is C60H94N3O13P. The summed E-state index contributed by atoms with van der Waals surface area (Å²) in [6, 6.07) is 7.98. The molecule has 1 aliphatic carbocycles. The molecule has 0 aromatic heterocycles. The Morgan fingerprint density at radius 3 is 2.27 bits per heavy atom. The Morgan fingerprint density at radius 1 is 0.870 bits per heavy atom. The Bertz CT molecular complexity index is 2250. The minimum Gasteiger partial charge on any atom is -0.461 e. The van der Waals surface area contributed by atoms with Crippen LogP contribution in [0.1, 0.15) is 125 Å². The lowest BCUT2D eigenvalue weighted by Crippen LogP contribution is -2.61. The van der Waals surface area contributed by atoms with Gasteiger partial charge in [-0.05, 0) is 133 Å². The van der Waals surface area contributed by atoms with Gasteiger partial charge in [0.05, 0.1) is 31.0 Å². The highest BCUT2D eigenvalue weighted by atomic mass is 31.2. The van der Waals surface area contributed by atoms with Gasteiger partial charge in [-0.2, -0.15) is 0 Å². The summed E-state index contributed by atoms with van der Waals surface area (Å²) in [7, 11) is 1.93. The molecule has 1 amide bonds. The first-order valence-corrected chi connectivity index (χ1v) is 30.8. The topological polar surface area (TPSA) is 214 Å². The lowest BCUT2D eigenvalue weighted by atomic mass is 9.78. The van der Waals surface area contributed by atoms with E-state index >= 15 is 0 Å². The van der Waals surface area contributed by atoms with E-state index in [1.165, 1.54) is 12.0 Å². The largest absolute Gasteiger partial charge is 0.461 e. The average molecular weight is 1100 g/mol. The summed E-state index contributed by atoms with van der Waals surface area (Å²) in [6.45, 7) is 15.7. The number of methoxy groups -OCH3 is 3. The molecule has 4 N–H and O–H groups in total. The van der Waals surface area contributed by atoms with E-state index in [1.807, 2.05) is 88.4 Å². The van der Waals surface area contributed by atoms with Gasteiger partial charge in [0.25, 0.3) is 11.7 Å². The number of fused-ring (bicyclic) bond motifs is 3. The molecule has 2 bridgehead atoms. The second-order valence-corrected chi connectivity index (χ2v) is 25.7. The fourth-order valence-corrected chi connectivity index (χ4v) is 12.8. The van der Waals surface area contributed by atoms with Crippen LogP contribution in [-0.4, -0.2) is 153 Å². The number of anilines is 1. The van der Waals surface area contributed by atoms with Crippen molar-refractivity contribution in [1.29, 1.82) is 0 Å². The molecule has 0 radical (unpaired) electrons. The number of carbonyl (C=O) groups excluding carboxylic acids is 4. The van der Waals surface area contributed by atoms with E-state index in [0.29, 0.717) is 89.4 Å². The number of hydrogen-bond donors (Lipinski definition) is 3. The van der Waals surface area contributed by atoms with Crippen molar-refractivity contribution in [3.8, 4) is 0 Å². The Kier molecular flexibility index (Phi) is 25.0. The summed E-state index contributed by atoms with van der Waals surface area (Å²) >= 11 is 0. The smallest absolute Gasteiger partial charge is 0.329 e. The summed E-state index contributed by atoms with van der Waals surface area (Å²) in [5, 5.41) is 24.0. The number of ketones is 2. The SMILES string of the molecule is COCCN(c1ccccc1)[C@@H]1C[C@@H]2CCC(C)C(O)(O2)C(=O)C(=O)N2CCCCC2C(=O)O[C@H]([C@H](C)CC2CC[C@@H](OP(C)(C)=O)C(OC)C2)CC[C@H](N)/C=C(\C)C(O)[C@@H](OC)C(=O)C(C)C[C@H](C)/C=C/C=C/C=C/1C. The minimum absolute atomic E-state index is 0.0158. The number of para-hydroxylation sites is 1. The average Bonchev–Trinajstić information content (AvgIpc) is 3.41. The minimum atomic E-state index is -2.77. The third-order valence-electron chi connectivity index (χ3n) is 16.4. The normalized spacial score (nSPS) is 36.1. The maximum Gasteiger partial charge on any atom is 0.329 e. The monoisotopic (exact) mass is 1100 g/mol. The molecule has 7 unspecified atom stereocenters. The number of aliphatic hydroxyl groups is 2. The highest BCUT2D eigenvalue weighted by Gasteiger charge is 2.53. The molecular weight excluding hydrogens is 1000 g/mol. The number of hydrogen-bond acceptors (Lipinski definition) is 15. The highest BCUT2D eigenvalue weighted by molar-refractivity contribution is 7.57. The zero-order chi connectivity index (χ0) is 56.6. The van der Waals surface area contributed by atoms with Gasteiger partial charge >= 0.3 is 5.97 Å². The van der Waals surface area contributed by atoms with Crippen LogP contribution in [0.2, 0.25) is 0 Å². The van der Waals surface area contributed by atoms with Crippen LogP contribution in [0.15, 0.2) is 77.9 Å². The van der Waals surface area contributed by atoms with Crippen molar-refractivity contribution in [2.75, 3.05) is 59.3 Å². The molecule has 2 saturated heterocycles. The number of aliphatic hydroxyl groups excluding tert-OH is 1. The standard InChI is InChI=1S/C60H94N3O13P/c1-39-20-14-12-15-21-40(2)50(62(32-33-71-7)47-22-16-13-17-23-47)38-48-28-25-44(6)60(69,75-48)57(66)58(67)63-31-19-18-24-49(63)59(68)74-51(41(3)35-45-26-29-52(53(37-45)72-8)76-77(10,11)70)30-27-46(61)36-43(5)55(65)56(73-9)54(64)42(4)34-39/h12-17,20-23,36,39,41-42,44-46,48-53,55-56,65,69H,18-19,24-35,37-38,61H2,1-11H3/b15-12+,20-14+,40-21+,43-36+/t39-,41-,42?,44?,45?,46+,48+,49?,50-,51+,52-,53?,55?,56+,60?/m1/s1. The van der Waals surface area contributed by atoms with E-state index in [-0.39, 0.29) is 54.8 Å². The summed E-state index contributed by atoms with van der Waals surface area (Å²) < 4.78 is 48.7. The lowest BCUT2D eigenvalue weighted by Gasteiger charge is -2.44. The van der Waals surface area contributed by atoms with Gasteiger partial charge in [0.1, 0.15) is 24.4 Å². The number of piperidine rings is 1. The molecule has 0 spiro atoms. The van der Waals surface area contributed by atoms with Crippen molar-refractivity contribution in [3.63, 3.8) is 0 Å². The van der Waals surface area contributed by atoms with Gasteiger partial charge in [0, 0.05) is 71.3 Å². The molecule has 16 nitrogen and oxygen atoms in total. The van der Waals surface area contributed by atoms with Crippen LogP contribution in [0.5, 0.6) is 0 Å². The Hall–Kier alpha value is -3.83. The molecule has 1 saturated carbocycles. The third kappa shape index (κ3) is 18.1. The van der Waals surface area contributed by atoms with Crippen LogP contribution in [0.4, 0.5) is 5.69 Å². The van der Waals surface area contributed by atoms with Crippen LogP contribution >= 0.6 is 7.37 Å². The number of Topliss-reactive ketones (excluding diaryl/α,β-unsaturated/α-hetero) is 2. The number of benzene rings is 1. The second-order valence-electron chi connectivity index (χ2n) is 23.0. The van der Waals surface area contributed by atoms with Crippen LogP contribution in [0, 0.1) is 29.6 Å². The summed E-state index contributed by atoms with van der Waals surface area (Å²) in [5.74, 6) is -6.57. The first-order valence-electron chi connectivity index (χ1n) is 28.2. The van der Waals surface area contributed by atoms with Crippen molar-refractivity contribution < 1.29 is 62.2 Å². The van der Waals surface area contributed by atoms with Crippen LogP contribution < -0.4 is 10.6 Å². The molecule has 4 aliphatic rings. The molecule has 3 fully saturated rings. The zero-order valence-electron chi connectivity index (χ0n) is 48.1. The van der Waals surface area contributed by atoms with Gasteiger partial charge in [0.15, 0.2) is 13.2 Å². The number of amides is 1. The molecule has 3 aliphatic heterocycles. The highest BCUT2D eigenvalue weighted by Crippen LogP contribution is 2.45. The van der Waals surface area contributed by atoms with E-state index in [1.54, 1.807) is 47.5 Å². The number of carbonyl (C=O) groups is 4. The number of rotatable bonds is 12. The van der Waals surface area contributed by atoms with Crippen LogP contribution in [-0.2, 0) is 52.0 Å². The van der Waals surface area contributed by atoms with Gasteiger partial charge in [-0.1, -0.05) is 87.9 Å². The van der Waals surface area contributed by atoms with Crippen molar-refractivity contribution in [2.24, 2.45) is 35.3 Å². The fourth-order valence-electron chi connectivity index (χ4n) is 11.9. The van der Waals surface area contributed by atoms with Crippen molar-refractivity contribution in [1.82, 2.24) is 4.90 Å². The molecule has 432 valence electrons. The summed E-state index contributed by atoms with van der Waals surface area (Å²) in [5.41, 5.74) is 9.17. The van der Waals surface area contributed by atoms with Crippen LogP contribution in [0.3, 0.4) is 0 Å². The zero-order valence-corrected chi connectivity index (χ0v) is 48.9. The molecule has 1 aromatic carbocycles. The first-order chi connectivity index (χ1) is 36.5. The van der Waals surface area contributed by atoms with Gasteiger partial charge < -0.3 is 54.0 Å². The van der Waals surface area contributed by atoms with E-state index in [2.05, 4.69) is 4.90 Å². The number of cyclic esters (lactones) is 1.